The van der Waals surface area contributed by atoms with Gasteiger partial charge in [-0.1, -0.05) is 65.8 Å². The molecule has 4 aromatic rings. The number of hydrogen-bond donors (Lipinski definition) is 1. The third-order valence-corrected chi connectivity index (χ3v) is 6.14. The lowest BCUT2D eigenvalue weighted by Crippen LogP contribution is -2.17. The summed E-state index contributed by atoms with van der Waals surface area (Å²) in [5.41, 5.74) is 2.99. The van der Waals surface area contributed by atoms with Crippen LogP contribution in [-0.4, -0.2) is 39.6 Å². The van der Waals surface area contributed by atoms with Crippen molar-refractivity contribution in [2.45, 2.75) is 18.3 Å². The minimum atomic E-state index is 0. The zero-order valence-corrected chi connectivity index (χ0v) is 20.9. The lowest BCUT2D eigenvalue weighted by atomic mass is 10.2. The molecule has 0 amide bonds. The van der Waals surface area contributed by atoms with Crippen molar-refractivity contribution in [1.82, 2.24) is 25.5 Å². The number of nitrogens with one attached hydrogen (secondary N) is 1. The van der Waals surface area contributed by atoms with Crippen molar-refractivity contribution in [3.05, 3.63) is 88.9 Å². The van der Waals surface area contributed by atoms with E-state index in [2.05, 4.69) is 20.8 Å². The summed E-state index contributed by atoms with van der Waals surface area (Å²) in [5, 5.41) is 16.9. The van der Waals surface area contributed by atoms with E-state index < -0.39 is 0 Å². The van der Waals surface area contributed by atoms with Crippen molar-refractivity contribution >= 4 is 35.8 Å². The van der Waals surface area contributed by atoms with E-state index in [9.17, 15) is 0 Å². The SMILES string of the molecule is COc1cc(CNCCSc2nnnn2-c2ccccc2)ccc1OCc1ccccc1Cl.Cl. The molecule has 0 radical (unpaired) electrons. The van der Waals surface area contributed by atoms with Gasteiger partial charge < -0.3 is 14.8 Å². The molecule has 10 heteroatoms. The normalized spacial score (nSPS) is 10.5. The molecule has 1 aromatic heterocycles. The Balaban J connectivity index is 0.00000324. The number of thioether (sulfide) groups is 1. The summed E-state index contributed by atoms with van der Waals surface area (Å²) in [5.74, 6) is 2.21. The molecule has 0 aliphatic carbocycles. The zero-order valence-electron chi connectivity index (χ0n) is 18.6. The van der Waals surface area contributed by atoms with Gasteiger partial charge in [0.1, 0.15) is 6.61 Å². The van der Waals surface area contributed by atoms with E-state index in [0.717, 1.165) is 34.3 Å². The van der Waals surface area contributed by atoms with Gasteiger partial charge in [0.2, 0.25) is 5.16 Å². The number of hydrogen-bond acceptors (Lipinski definition) is 7. The molecule has 7 nitrogen and oxygen atoms in total. The first-order chi connectivity index (χ1) is 16.2. The fourth-order valence-corrected chi connectivity index (χ4v) is 4.14. The highest BCUT2D eigenvalue weighted by Crippen LogP contribution is 2.29. The Hall–Kier alpha value is -2.78. The average Bonchev–Trinajstić information content (AvgIpc) is 3.33. The van der Waals surface area contributed by atoms with E-state index in [1.165, 1.54) is 0 Å². The van der Waals surface area contributed by atoms with E-state index in [1.54, 1.807) is 23.6 Å². The predicted octanol–water partition coefficient (Wildman–Crippen LogP) is 5.21. The number of methoxy groups -OCH3 is 1. The highest BCUT2D eigenvalue weighted by molar-refractivity contribution is 7.99. The highest BCUT2D eigenvalue weighted by Gasteiger charge is 2.09. The van der Waals surface area contributed by atoms with Crippen LogP contribution < -0.4 is 14.8 Å². The van der Waals surface area contributed by atoms with Gasteiger partial charge in [0, 0.05) is 29.4 Å². The molecule has 0 unspecified atom stereocenters. The number of benzene rings is 3. The summed E-state index contributed by atoms with van der Waals surface area (Å²) in [6.45, 7) is 1.90. The smallest absolute Gasteiger partial charge is 0.214 e. The van der Waals surface area contributed by atoms with E-state index in [1.807, 2.05) is 72.8 Å². The van der Waals surface area contributed by atoms with Gasteiger partial charge in [0.25, 0.3) is 0 Å². The fourth-order valence-electron chi connectivity index (χ4n) is 3.16. The first-order valence-corrected chi connectivity index (χ1v) is 11.8. The quantitative estimate of drug-likeness (QED) is 0.216. The maximum Gasteiger partial charge on any atom is 0.214 e. The fraction of sp³-hybridized carbons (Fsp3) is 0.208. The molecule has 0 saturated carbocycles. The molecule has 0 fully saturated rings. The van der Waals surface area contributed by atoms with Crippen LogP contribution in [0, 0.1) is 0 Å². The van der Waals surface area contributed by atoms with Gasteiger partial charge >= 0.3 is 0 Å². The van der Waals surface area contributed by atoms with Crippen molar-refractivity contribution in [2.75, 3.05) is 19.4 Å². The Labute approximate surface area is 214 Å². The molecule has 0 saturated heterocycles. The number of nitrogens with zero attached hydrogens (tertiary/aromatic N) is 4. The third-order valence-electron chi connectivity index (χ3n) is 4.85. The van der Waals surface area contributed by atoms with Gasteiger partial charge in [-0.15, -0.1) is 17.5 Å². The Kier molecular flexibility index (Phi) is 10.0. The van der Waals surface area contributed by atoms with Gasteiger partial charge in [-0.05, 0) is 46.3 Å². The van der Waals surface area contributed by atoms with Crippen LogP contribution >= 0.6 is 35.8 Å². The Morgan fingerprint density at radius 2 is 1.79 bits per heavy atom. The van der Waals surface area contributed by atoms with Crippen molar-refractivity contribution in [3.8, 4) is 17.2 Å². The van der Waals surface area contributed by atoms with E-state index in [4.69, 9.17) is 21.1 Å². The molecular formula is C24H25Cl2N5O2S. The topological polar surface area (TPSA) is 74.1 Å². The van der Waals surface area contributed by atoms with E-state index in [0.29, 0.717) is 29.7 Å². The first-order valence-electron chi connectivity index (χ1n) is 10.4. The van der Waals surface area contributed by atoms with Crippen LogP contribution in [0.25, 0.3) is 5.69 Å². The summed E-state index contributed by atoms with van der Waals surface area (Å²) >= 11 is 7.82. The molecular weight excluding hydrogens is 493 g/mol. The average molecular weight is 518 g/mol. The second kappa shape index (κ2) is 13.2. The summed E-state index contributed by atoms with van der Waals surface area (Å²) in [6.07, 6.45) is 0. The van der Waals surface area contributed by atoms with E-state index in [-0.39, 0.29) is 12.4 Å². The van der Waals surface area contributed by atoms with Crippen LogP contribution in [0.15, 0.2) is 78.0 Å². The largest absolute Gasteiger partial charge is 0.493 e. The third kappa shape index (κ3) is 6.87. The summed E-state index contributed by atoms with van der Waals surface area (Å²) < 4.78 is 13.2. The van der Waals surface area contributed by atoms with Gasteiger partial charge in [-0.3, -0.25) is 0 Å². The molecule has 4 rings (SSSR count). The van der Waals surface area contributed by atoms with Crippen LogP contribution in [0.5, 0.6) is 11.5 Å². The van der Waals surface area contributed by atoms with Gasteiger partial charge in [-0.25, -0.2) is 0 Å². The number of tetrazole rings is 1. The molecule has 0 aliphatic rings. The Bertz CT molecular complexity index is 1180. The van der Waals surface area contributed by atoms with Crippen LogP contribution in [0.3, 0.4) is 0 Å². The molecule has 178 valence electrons. The predicted molar refractivity (Wildman–Crippen MR) is 138 cm³/mol. The number of halogens is 2. The number of ether oxygens (including phenoxy) is 2. The van der Waals surface area contributed by atoms with Gasteiger partial charge in [0.15, 0.2) is 11.5 Å². The maximum atomic E-state index is 6.21. The summed E-state index contributed by atoms with van der Waals surface area (Å²) in [4.78, 5) is 0. The van der Waals surface area contributed by atoms with Gasteiger partial charge in [0.05, 0.1) is 12.8 Å². The standard InChI is InChI=1S/C24H24ClN5O2S.ClH/c1-31-23-15-18(11-12-22(23)32-17-19-7-5-6-10-21(19)25)16-26-13-14-33-24-27-28-29-30(24)20-8-3-2-4-9-20;/h2-12,15,26H,13-14,16-17H2,1H3;1H. The number of rotatable bonds is 11. The summed E-state index contributed by atoms with van der Waals surface area (Å²) in [7, 11) is 1.64. The zero-order chi connectivity index (χ0) is 22.9. The Morgan fingerprint density at radius 1 is 1.00 bits per heavy atom. The van der Waals surface area contributed by atoms with E-state index >= 15 is 0 Å². The summed E-state index contributed by atoms with van der Waals surface area (Å²) in [6, 6.07) is 23.4. The molecule has 0 aliphatic heterocycles. The monoisotopic (exact) mass is 517 g/mol. The molecule has 0 atom stereocenters. The van der Waals surface area contributed by atoms with Gasteiger partial charge in [-0.2, -0.15) is 4.68 Å². The van der Waals surface area contributed by atoms with Crippen molar-refractivity contribution in [1.29, 1.82) is 0 Å². The van der Waals surface area contributed by atoms with Crippen molar-refractivity contribution in [2.24, 2.45) is 0 Å². The molecule has 3 aromatic carbocycles. The number of aromatic nitrogens is 4. The lowest BCUT2D eigenvalue weighted by molar-refractivity contribution is 0.284. The first kappa shape index (κ1) is 25.8. The molecule has 1 N–H and O–H groups in total. The minimum absolute atomic E-state index is 0. The minimum Gasteiger partial charge on any atom is -0.493 e. The Morgan fingerprint density at radius 3 is 2.59 bits per heavy atom. The molecule has 0 bridgehead atoms. The van der Waals surface area contributed by atoms with Crippen molar-refractivity contribution in [3.63, 3.8) is 0 Å². The number of para-hydroxylation sites is 1. The maximum absolute atomic E-state index is 6.21. The second-order valence-corrected chi connectivity index (χ2v) is 8.57. The van der Waals surface area contributed by atoms with Crippen LogP contribution in [0.2, 0.25) is 5.02 Å². The lowest BCUT2D eigenvalue weighted by Gasteiger charge is -2.13. The van der Waals surface area contributed by atoms with Crippen LogP contribution in [0.4, 0.5) is 0 Å². The van der Waals surface area contributed by atoms with Crippen LogP contribution in [-0.2, 0) is 13.2 Å². The second-order valence-electron chi connectivity index (χ2n) is 7.10. The molecule has 1 heterocycles. The van der Waals surface area contributed by atoms with Crippen molar-refractivity contribution < 1.29 is 9.47 Å². The van der Waals surface area contributed by atoms with Crippen LogP contribution in [0.1, 0.15) is 11.1 Å². The molecule has 34 heavy (non-hydrogen) atoms. The molecule has 0 spiro atoms. The highest BCUT2D eigenvalue weighted by atomic mass is 35.5.